The largest absolute Gasteiger partial charge is 0.278 e. The summed E-state index contributed by atoms with van der Waals surface area (Å²) in [5, 5.41) is 0. The van der Waals surface area contributed by atoms with Gasteiger partial charge >= 0.3 is 0 Å². The fraction of sp³-hybridized carbons (Fsp3) is 0.375. The van der Waals surface area contributed by atoms with E-state index >= 15 is 0 Å². The normalized spacial score (nSPS) is 34.1. The fourth-order valence-electron chi connectivity index (χ4n) is 3.89. The summed E-state index contributed by atoms with van der Waals surface area (Å²) in [7, 11) is 0. The minimum absolute atomic E-state index is 0.0545. The second-order valence-electron chi connectivity index (χ2n) is 5.89. The highest BCUT2D eigenvalue weighted by Gasteiger charge is 2.59. The lowest BCUT2D eigenvalue weighted by molar-refractivity contribution is -0.141. The van der Waals surface area contributed by atoms with Crippen LogP contribution in [0.25, 0.3) is 0 Å². The van der Waals surface area contributed by atoms with Crippen molar-refractivity contribution >= 4 is 11.8 Å². The van der Waals surface area contributed by atoms with Crippen molar-refractivity contribution in [3.63, 3.8) is 0 Å². The quantitative estimate of drug-likeness (QED) is 0.610. The summed E-state index contributed by atoms with van der Waals surface area (Å²) in [5.74, 6) is -0.260. The summed E-state index contributed by atoms with van der Waals surface area (Å²) in [5.41, 5.74) is 0.786. The van der Waals surface area contributed by atoms with E-state index in [1.807, 2.05) is 0 Å². The van der Waals surface area contributed by atoms with E-state index in [0.717, 1.165) is 12.0 Å². The average Bonchev–Trinajstić information content (AvgIpc) is 3.11. The summed E-state index contributed by atoms with van der Waals surface area (Å²) in [6, 6.07) is 5.95. The van der Waals surface area contributed by atoms with Crippen molar-refractivity contribution in [1.29, 1.82) is 0 Å². The number of allylic oxidation sites excluding steroid dienone is 2. The number of amides is 2. The molecule has 1 aromatic rings. The van der Waals surface area contributed by atoms with Crippen molar-refractivity contribution < 1.29 is 14.0 Å². The number of benzene rings is 1. The summed E-state index contributed by atoms with van der Waals surface area (Å²) >= 11 is 0. The van der Waals surface area contributed by atoms with Gasteiger partial charge in [0.05, 0.1) is 18.4 Å². The van der Waals surface area contributed by atoms with Crippen molar-refractivity contribution in [2.75, 3.05) is 0 Å². The number of carbonyl (C=O) groups is 2. The molecule has 4 atom stereocenters. The topological polar surface area (TPSA) is 37.4 Å². The van der Waals surface area contributed by atoms with E-state index in [4.69, 9.17) is 0 Å². The molecule has 3 aliphatic rings. The van der Waals surface area contributed by atoms with Crippen molar-refractivity contribution in [3.8, 4) is 0 Å². The van der Waals surface area contributed by atoms with Gasteiger partial charge in [-0.25, -0.2) is 4.39 Å². The lowest BCUT2D eigenvalue weighted by atomic mass is 9.85. The molecule has 1 heterocycles. The monoisotopic (exact) mass is 271 g/mol. The van der Waals surface area contributed by atoms with E-state index in [-0.39, 0.29) is 47.8 Å². The second kappa shape index (κ2) is 4.01. The number of rotatable bonds is 2. The Labute approximate surface area is 116 Å². The molecule has 2 aliphatic carbocycles. The molecular weight excluding hydrogens is 257 g/mol. The third-order valence-corrected chi connectivity index (χ3v) is 4.82. The van der Waals surface area contributed by atoms with Crippen LogP contribution in [0.1, 0.15) is 12.0 Å². The van der Waals surface area contributed by atoms with Gasteiger partial charge in [0, 0.05) is 0 Å². The fourth-order valence-corrected chi connectivity index (χ4v) is 3.89. The molecule has 2 bridgehead atoms. The number of nitrogens with zero attached hydrogens (tertiary/aromatic N) is 1. The molecule has 1 aromatic carbocycles. The number of fused-ring (bicyclic) bond motifs is 5. The van der Waals surface area contributed by atoms with Crippen LogP contribution in [-0.4, -0.2) is 16.7 Å². The first-order valence-corrected chi connectivity index (χ1v) is 6.93. The SMILES string of the molecule is O=C1[C@@H]2[C@@H](C(=O)N1Cc1ccc(F)cc1)[C@H]1C=C[C@H]2C1. The first-order valence-electron chi connectivity index (χ1n) is 6.93. The number of carbonyl (C=O) groups excluding carboxylic acids is 2. The van der Waals surface area contributed by atoms with Crippen LogP contribution in [-0.2, 0) is 16.1 Å². The van der Waals surface area contributed by atoms with Crippen molar-refractivity contribution in [2.24, 2.45) is 23.7 Å². The van der Waals surface area contributed by atoms with Crippen LogP contribution in [0.4, 0.5) is 4.39 Å². The molecule has 1 saturated carbocycles. The van der Waals surface area contributed by atoms with Gasteiger partial charge in [-0.15, -0.1) is 0 Å². The van der Waals surface area contributed by atoms with Crippen LogP contribution in [0, 0.1) is 29.5 Å². The molecule has 1 saturated heterocycles. The Morgan fingerprint density at radius 2 is 1.55 bits per heavy atom. The molecule has 0 spiro atoms. The lowest BCUT2D eigenvalue weighted by Crippen LogP contribution is -2.32. The number of likely N-dealkylation sites (tertiary alicyclic amines) is 1. The molecule has 0 N–H and O–H groups in total. The van der Waals surface area contributed by atoms with Crippen LogP contribution >= 0.6 is 0 Å². The number of imide groups is 1. The van der Waals surface area contributed by atoms with Gasteiger partial charge in [0.2, 0.25) is 11.8 Å². The molecule has 1 aliphatic heterocycles. The summed E-state index contributed by atoms with van der Waals surface area (Å²) in [6.07, 6.45) is 5.11. The van der Waals surface area contributed by atoms with Gasteiger partial charge in [-0.1, -0.05) is 24.3 Å². The van der Waals surface area contributed by atoms with Crippen LogP contribution in [0.15, 0.2) is 36.4 Å². The number of hydrogen-bond donors (Lipinski definition) is 0. The standard InChI is InChI=1S/C16H14FNO2/c17-12-5-1-9(2-6-12)8-18-15(19)13-10-3-4-11(7-10)14(13)16(18)20/h1-6,10-11,13-14H,7-8H2/t10-,11-,13-,14-/m0/s1. The maximum atomic E-state index is 12.9. The predicted molar refractivity (Wildman–Crippen MR) is 69.7 cm³/mol. The number of halogens is 1. The summed E-state index contributed by atoms with van der Waals surface area (Å²) in [6.45, 7) is 0.254. The highest BCUT2D eigenvalue weighted by atomic mass is 19.1. The van der Waals surface area contributed by atoms with Gasteiger partial charge in [0.25, 0.3) is 0 Å². The zero-order valence-corrected chi connectivity index (χ0v) is 10.8. The van der Waals surface area contributed by atoms with E-state index in [9.17, 15) is 14.0 Å². The molecule has 2 fully saturated rings. The van der Waals surface area contributed by atoms with E-state index < -0.39 is 0 Å². The minimum atomic E-state index is -0.313. The van der Waals surface area contributed by atoms with Gasteiger partial charge in [-0.05, 0) is 36.0 Å². The summed E-state index contributed by atoms with van der Waals surface area (Å²) < 4.78 is 12.9. The molecule has 2 amide bonds. The Bertz CT molecular complexity index is 592. The van der Waals surface area contributed by atoms with E-state index in [1.54, 1.807) is 12.1 Å². The lowest BCUT2D eigenvalue weighted by Gasteiger charge is -2.17. The Hall–Kier alpha value is -1.97. The van der Waals surface area contributed by atoms with Crippen LogP contribution in [0.5, 0.6) is 0 Å². The summed E-state index contributed by atoms with van der Waals surface area (Å²) in [4.78, 5) is 26.3. The Balaban J connectivity index is 1.60. The molecule has 20 heavy (non-hydrogen) atoms. The molecule has 4 rings (SSSR count). The van der Waals surface area contributed by atoms with Crippen LogP contribution in [0.2, 0.25) is 0 Å². The Morgan fingerprint density at radius 1 is 1.00 bits per heavy atom. The van der Waals surface area contributed by atoms with E-state index in [2.05, 4.69) is 12.2 Å². The third-order valence-electron chi connectivity index (χ3n) is 4.82. The molecular formula is C16H14FNO2. The van der Waals surface area contributed by atoms with Gasteiger partial charge in [-0.3, -0.25) is 14.5 Å². The molecule has 0 aromatic heterocycles. The van der Waals surface area contributed by atoms with Crippen LogP contribution < -0.4 is 0 Å². The smallest absolute Gasteiger partial charge is 0.234 e. The zero-order chi connectivity index (χ0) is 13.9. The maximum absolute atomic E-state index is 12.9. The first-order chi connectivity index (χ1) is 9.65. The van der Waals surface area contributed by atoms with Gasteiger partial charge in [-0.2, -0.15) is 0 Å². The first kappa shape index (κ1) is 11.8. The molecule has 0 unspecified atom stereocenters. The molecule has 3 nitrogen and oxygen atoms in total. The van der Waals surface area contributed by atoms with Crippen molar-refractivity contribution in [1.82, 2.24) is 4.90 Å². The third kappa shape index (κ3) is 1.51. The average molecular weight is 271 g/mol. The predicted octanol–water partition coefficient (Wildman–Crippen LogP) is 2.13. The van der Waals surface area contributed by atoms with Crippen molar-refractivity contribution in [2.45, 2.75) is 13.0 Å². The Kier molecular flexibility index (Phi) is 2.37. The molecule has 0 radical (unpaired) electrons. The minimum Gasteiger partial charge on any atom is -0.278 e. The van der Waals surface area contributed by atoms with Crippen molar-refractivity contribution in [3.05, 3.63) is 47.8 Å². The second-order valence-corrected chi connectivity index (χ2v) is 5.89. The van der Waals surface area contributed by atoms with Gasteiger partial charge in [0.1, 0.15) is 5.82 Å². The molecule has 4 heteroatoms. The van der Waals surface area contributed by atoms with E-state index in [0.29, 0.717) is 0 Å². The van der Waals surface area contributed by atoms with Gasteiger partial charge in [0.15, 0.2) is 0 Å². The Morgan fingerprint density at radius 3 is 2.10 bits per heavy atom. The maximum Gasteiger partial charge on any atom is 0.234 e. The zero-order valence-electron chi connectivity index (χ0n) is 10.8. The highest BCUT2D eigenvalue weighted by molar-refractivity contribution is 6.06. The van der Waals surface area contributed by atoms with Gasteiger partial charge < -0.3 is 0 Å². The highest BCUT2D eigenvalue weighted by Crippen LogP contribution is 2.52. The van der Waals surface area contributed by atoms with Crippen LogP contribution in [0.3, 0.4) is 0 Å². The van der Waals surface area contributed by atoms with E-state index in [1.165, 1.54) is 17.0 Å². The number of hydrogen-bond acceptors (Lipinski definition) is 2. The molecule has 102 valence electrons.